The Morgan fingerprint density at radius 1 is 0.636 bits per heavy atom. The van der Waals surface area contributed by atoms with Crippen molar-refractivity contribution in [3.05, 3.63) is 24.3 Å². The minimum Gasteiger partial charge on any atom is -0.290 e. The van der Waals surface area contributed by atoms with E-state index in [0.29, 0.717) is 0 Å². The van der Waals surface area contributed by atoms with E-state index in [1.54, 1.807) is 0 Å². The predicted molar refractivity (Wildman–Crippen MR) is 45.6 cm³/mol. The van der Waals surface area contributed by atoms with Crippen LogP contribution in [0.4, 0.5) is 0 Å². The SMILES string of the molecule is O=C1C=CC(=O)C=C1.[Na].[Na].[Na]. The summed E-state index contributed by atoms with van der Waals surface area (Å²) in [5.41, 5.74) is 0. The van der Waals surface area contributed by atoms with Crippen molar-refractivity contribution < 1.29 is 9.59 Å². The Morgan fingerprint density at radius 2 is 0.818 bits per heavy atom. The van der Waals surface area contributed by atoms with Crippen LogP contribution in [0.1, 0.15) is 0 Å². The molecule has 3 radical (unpaired) electrons. The third-order valence-corrected chi connectivity index (χ3v) is 0.824. The first kappa shape index (κ1) is 18.6. The van der Waals surface area contributed by atoms with Gasteiger partial charge in [0.25, 0.3) is 0 Å². The zero-order valence-corrected chi connectivity index (χ0v) is 13.1. The van der Waals surface area contributed by atoms with Crippen LogP contribution in [0.2, 0.25) is 0 Å². The monoisotopic (exact) mass is 177 g/mol. The van der Waals surface area contributed by atoms with Crippen LogP contribution in [0.5, 0.6) is 0 Å². The molecule has 0 amide bonds. The largest absolute Gasteiger partial charge is 0.290 e. The summed E-state index contributed by atoms with van der Waals surface area (Å²) in [6.45, 7) is 0. The minimum absolute atomic E-state index is 0. The number of carbonyl (C=O) groups excluding carboxylic acids is 2. The standard InChI is InChI=1S/C6H4O2.3Na/c7-5-1-2-6(8)4-3-5;;;/h1-4H;;;. The van der Waals surface area contributed by atoms with Gasteiger partial charge < -0.3 is 0 Å². The van der Waals surface area contributed by atoms with Crippen molar-refractivity contribution in [2.24, 2.45) is 0 Å². The summed E-state index contributed by atoms with van der Waals surface area (Å²) in [6.07, 6.45) is 5.01. The van der Waals surface area contributed by atoms with Gasteiger partial charge in [0.1, 0.15) is 0 Å². The van der Waals surface area contributed by atoms with Crippen LogP contribution in [0.3, 0.4) is 0 Å². The molecule has 0 aromatic carbocycles. The van der Waals surface area contributed by atoms with Crippen molar-refractivity contribution in [1.29, 1.82) is 0 Å². The van der Waals surface area contributed by atoms with Crippen molar-refractivity contribution in [1.82, 2.24) is 0 Å². The van der Waals surface area contributed by atoms with Gasteiger partial charge in [0, 0.05) is 88.7 Å². The first-order chi connectivity index (χ1) is 3.79. The Balaban J connectivity index is -0.000000213. The molecular formula is C6H4Na3O2. The molecule has 1 aliphatic rings. The van der Waals surface area contributed by atoms with Gasteiger partial charge in [0.2, 0.25) is 0 Å². The molecule has 0 aromatic heterocycles. The molecule has 0 unspecified atom stereocenters. The van der Waals surface area contributed by atoms with E-state index in [0.717, 1.165) is 0 Å². The Morgan fingerprint density at radius 3 is 1.00 bits per heavy atom. The number of ketones is 2. The first-order valence-electron chi connectivity index (χ1n) is 2.23. The number of allylic oxidation sites excluding steroid dienone is 4. The molecule has 0 aromatic rings. The summed E-state index contributed by atoms with van der Waals surface area (Å²) in [5.74, 6) is -0.241. The van der Waals surface area contributed by atoms with Crippen molar-refractivity contribution in [3.63, 3.8) is 0 Å². The molecule has 0 spiro atoms. The molecule has 0 bridgehead atoms. The maximum absolute atomic E-state index is 10.3. The van der Waals surface area contributed by atoms with Gasteiger partial charge in [-0.25, -0.2) is 0 Å². The summed E-state index contributed by atoms with van der Waals surface area (Å²) in [6, 6.07) is 0. The predicted octanol–water partition coefficient (Wildman–Crippen LogP) is -0.892. The van der Waals surface area contributed by atoms with E-state index in [1.165, 1.54) is 24.3 Å². The van der Waals surface area contributed by atoms with E-state index in [2.05, 4.69) is 0 Å². The summed E-state index contributed by atoms with van der Waals surface area (Å²) >= 11 is 0. The van der Waals surface area contributed by atoms with E-state index in [4.69, 9.17) is 0 Å². The van der Waals surface area contributed by atoms with E-state index >= 15 is 0 Å². The second kappa shape index (κ2) is 9.90. The number of hydrogen-bond acceptors (Lipinski definition) is 2. The molecule has 2 nitrogen and oxygen atoms in total. The van der Waals surface area contributed by atoms with Crippen LogP contribution < -0.4 is 0 Å². The Hall–Kier alpha value is 1.82. The Bertz CT molecular complexity index is 158. The van der Waals surface area contributed by atoms with Crippen molar-refractivity contribution in [2.75, 3.05) is 0 Å². The van der Waals surface area contributed by atoms with Gasteiger partial charge in [0.05, 0.1) is 0 Å². The van der Waals surface area contributed by atoms with E-state index in [9.17, 15) is 9.59 Å². The third kappa shape index (κ3) is 8.16. The molecular weight excluding hydrogens is 173 g/mol. The number of carbonyl (C=O) groups is 2. The van der Waals surface area contributed by atoms with Crippen LogP contribution in [-0.4, -0.2) is 100 Å². The van der Waals surface area contributed by atoms with Crippen LogP contribution in [0, 0.1) is 0 Å². The molecule has 0 saturated heterocycles. The zero-order valence-electron chi connectivity index (χ0n) is 7.13. The van der Waals surface area contributed by atoms with E-state index in [1.807, 2.05) is 0 Å². The van der Waals surface area contributed by atoms with Crippen LogP contribution in [0.15, 0.2) is 24.3 Å². The third-order valence-electron chi connectivity index (χ3n) is 0.824. The maximum atomic E-state index is 10.3. The average Bonchev–Trinajstić information content (AvgIpc) is 1.77. The number of rotatable bonds is 0. The molecule has 0 heterocycles. The summed E-state index contributed by atoms with van der Waals surface area (Å²) < 4.78 is 0. The molecule has 5 heteroatoms. The molecule has 0 aliphatic heterocycles. The molecule has 0 atom stereocenters. The van der Waals surface area contributed by atoms with Crippen molar-refractivity contribution in [2.45, 2.75) is 0 Å². The van der Waals surface area contributed by atoms with Gasteiger partial charge in [-0.15, -0.1) is 0 Å². The van der Waals surface area contributed by atoms with Crippen molar-refractivity contribution >= 4 is 100 Å². The zero-order chi connectivity index (χ0) is 5.98. The van der Waals surface area contributed by atoms with Gasteiger partial charge in [-0.2, -0.15) is 0 Å². The normalized spacial score (nSPS) is 12.7. The minimum atomic E-state index is -0.121. The fraction of sp³-hybridized carbons (Fsp3) is 0. The van der Waals surface area contributed by atoms with E-state index < -0.39 is 0 Å². The van der Waals surface area contributed by atoms with Crippen LogP contribution >= 0.6 is 0 Å². The molecule has 0 saturated carbocycles. The maximum Gasteiger partial charge on any atom is 0.178 e. The number of hydrogen-bond donors (Lipinski definition) is 0. The molecule has 11 heavy (non-hydrogen) atoms. The Kier molecular flexibility index (Phi) is 16.7. The fourth-order valence-electron chi connectivity index (χ4n) is 0.440. The molecule has 1 rings (SSSR count). The molecule has 43 valence electrons. The second-order valence-electron chi connectivity index (χ2n) is 1.47. The summed E-state index contributed by atoms with van der Waals surface area (Å²) in [7, 11) is 0. The quantitative estimate of drug-likeness (QED) is 0.355. The van der Waals surface area contributed by atoms with Crippen LogP contribution in [-0.2, 0) is 9.59 Å². The smallest absolute Gasteiger partial charge is 0.178 e. The van der Waals surface area contributed by atoms with E-state index in [-0.39, 0.29) is 100 Å². The van der Waals surface area contributed by atoms with Gasteiger partial charge in [-0.3, -0.25) is 9.59 Å². The summed E-state index contributed by atoms with van der Waals surface area (Å²) in [4.78, 5) is 20.6. The van der Waals surface area contributed by atoms with Gasteiger partial charge in [-0.1, -0.05) is 0 Å². The van der Waals surface area contributed by atoms with Gasteiger partial charge >= 0.3 is 0 Å². The first-order valence-corrected chi connectivity index (χ1v) is 2.23. The topological polar surface area (TPSA) is 34.1 Å². The summed E-state index contributed by atoms with van der Waals surface area (Å²) in [5, 5.41) is 0. The van der Waals surface area contributed by atoms with Crippen LogP contribution in [0.25, 0.3) is 0 Å². The molecule has 1 aliphatic carbocycles. The molecule has 0 N–H and O–H groups in total. The van der Waals surface area contributed by atoms with Crippen molar-refractivity contribution in [3.8, 4) is 0 Å². The molecule has 0 fully saturated rings. The fourth-order valence-corrected chi connectivity index (χ4v) is 0.440. The average molecular weight is 177 g/mol. The van der Waals surface area contributed by atoms with Gasteiger partial charge in [0.15, 0.2) is 11.6 Å². The Labute approximate surface area is 132 Å². The van der Waals surface area contributed by atoms with Gasteiger partial charge in [-0.05, 0) is 24.3 Å². The second-order valence-corrected chi connectivity index (χ2v) is 1.47.